The molecule has 0 bridgehead atoms. The maximum Gasteiger partial charge on any atom is 0.408 e. The molecule has 0 radical (unpaired) electrons. The highest BCUT2D eigenvalue weighted by Gasteiger charge is 2.31. The Hall–Kier alpha value is -2.86. The molecular formula is C25H32N2O4. The monoisotopic (exact) mass is 424 g/mol. The molecule has 1 aliphatic rings. The van der Waals surface area contributed by atoms with E-state index in [9.17, 15) is 9.59 Å². The molecule has 3 N–H and O–H groups in total. The highest BCUT2D eigenvalue weighted by atomic mass is 16.6. The van der Waals surface area contributed by atoms with Crippen LogP contribution in [0.1, 0.15) is 57.1 Å². The van der Waals surface area contributed by atoms with Gasteiger partial charge in [-0.15, -0.1) is 0 Å². The standard InChI is InChI=1S/C25H32N2O4/c1-25(2,3)31-24(29)27-22(14-8-9-15-26)23(28)30-16-21-19-12-6-4-10-17(19)18-11-5-7-13-20(18)21/h4-7,10-13,21-22H,8-9,14-16,26H2,1-3H3,(H,27,29)/t22-/m0/s1. The number of benzene rings is 2. The summed E-state index contributed by atoms with van der Waals surface area (Å²) in [5.74, 6) is -0.479. The van der Waals surface area contributed by atoms with Crippen LogP contribution in [-0.4, -0.2) is 36.9 Å². The van der Waals surface area contributed by atoms with Gasteiger partial charge in [0.1, 0.15) is 18.2 Å². The third kappa shape index (κ3) is 5.85. The molecule has 2 aromatic carbocycles. The van der Waals surface area contributed by atoms with Crippen molar-refractivity contribution in [2.45, 2.75) is 57.6 Å². The van der Waals surface area contributed by atoms with Crippen molar-refractivity contribution in [3.63, 3.8) is 0 Å². The molecule has 166 valence electrons. The molecule has 1 amide bonds. The molecule has 0 heterocycles. The quantitative estimate of drug-likeness (QED) is 0.485. The van der Waals surface area contributed by atoms with E-state index in [1.54, 1.807) is 20.8 Å². The number of ether oxygens (including phenoxy) is 2. The molecule has 2 aromatic rings. The Balaban J connectivity index is 1.69. The Morgan fingerprint density at radius 2 is 1.58 bits per heavy atom. The van der Waals surface area contributed by atoms with Crippen molar-refractivity contribution >= 4 is 12.1 Å². The van der Waals surface area contributed by atoms with Gasteiger partial charge in [0.2, 0.25) is 0 Å². The zero-order chi connectivity index (χ0) is 22.4. The van der Waals surface area contributed by atoms with Gasteiger partial charge in [0, 0.05) is 5.92 Å². The molecule has 1 atom stereocenters. The van der Waals surface area contributed by atoms with Gasteiger partial charge < -0.3 is 20.5 Å². The molecule has 31 heavy (non-hydrogen) atoms. The normalized spacial score (nSPS) is 13.8. The highest BCUT2D eigenvalue weighted by Crippen LogP contribution is 2.44. The summed E-state index contributed by atoms with van der Waals surface area (Å²) in [4.78, 5) is 25.1. The Bertz CT molecular complexity index is 874. The van der Waals surface area contributed by atoms with Crippen molar-refractivity contribution in [2.75, 3.05) is 13.2 Å². The van der Waals surface area contributed by atoms with E-state index in [0.717, 1.165) is 17.5 Å². The van der Waals surface area contributed by atoms with Crippen LogP contribution in [0, 0.1) is 0 Å². The highest BCUT2D eigenvalue weighted by molar-refractivity contribution is 5.82. The van der Waals surface area contributed by atoms with Crippen molar-refractivity contribution in [3.05, 3.63) is 59.7 Å². The molecule has 3 rings (SSSR count). The van der Waals surface area contributed by atoms with Crippen LogP contribution in [0.25, 0.3) is 11.1 Å². The average Bonchev–Trinajstić information content (AvgIpc) is 3.04. The predicted octanol–water partition coefficient (Wildman–Crippen LogP) is 4.36. The minimum atomic E-state index is -0.770. The van der Waals surface area contributed by atoms with Crippen molar-refractivity contribution in [2.24, 2.45) is 5.73 Å². The minimum absolute atomic E-state index is 0.0254. The van der Waals surface area contributed by atoms with Crippen LogP contribution in [0.15, 0.2) is 48.5 Å². The zero-order valence-electron chi connectivity index (χ0n) is 18.5. The van der Waals surface area contributed by atoms with E-state index in [-0.39, 0.29) is 12.5 Å². The molecule has 0 spiro atoms. The van der Waals surface area contributed by atoms with Gasteiger partial charge in [-0.25, -0.2) is 9.59 Å². The predicted molar refractivity (Wildman–Crippen MR) is 121 cm³/mol. The van der Waals surface area contributed by atoms with Gasteiger partial charge in [0.25, 0.3) is 0 Å². The van der Waals surface area contributed by atoms with E-state index in [0.29, 0.717) is 19.4 Å². The molecule has 0 aromatic heterocycles. The smallest absolute Gasteiger partial charge is 0.408 e. The number of fused-ring (bicyclic) bond motifs is 3. The van der Waals surface area contributed by atoms with Gasteiger partial charge in [0.05, 0.1) is 0 Å². The van der Waals surface area contributed by atoms with E-state index in [1.165, 1.54) is 11.1 Å². The number of nitrogens with two attached hydrogens (primary N) is 1. The first-order chi connectivity index (χ1) is 14.8. The number of hydrogen-bond acceptors (Lipinski definition) is 5. The molecule has 0 saturated heterocycles. The largest absolute Gasteiger partial charge is 0.463 e. The number of unbranched alkanes of at least 4 members (excludes halogenated alkanes) is 1. The zero-order valence-corrected chi connectivity index (χ0v) is 18.5. The third-order valence-electron chi connectivity index (χ3n) is 5.28. The van der Waals surface area contributed by atoms with Crippen molar-refractivity contribution in [1.29, 1.82) is 0 Å². The van der Waals surface area contributed by atoms with Crippen LogP contribution in [0.3, 0.4) is 0 Å². The van der Waals surface area contributed by atoms with Crippen LogP contribution < -0.4 is 11.1 Å². The molecular weight excluding hydrogens is 392 g/mol. The summed E-state index contributed by atoms with van der Waals surface area (Å²) in [7, 11) is 0. The van der Waals surface area contributed by atoms with E-state index in [1.807, 2.05) is 24.3 Å². The van der Waals surface area contributed by atoms with E-state index < -0.39 is 23.7 Å². The first-order valence-corrected chi connectivity index (χ1v) is 10.8. The molecule has 6 nitrogen and oxygen atoms in total. The van der Waals surface area contributed by atoms with Crippen molar-refractivity contribution in [3.8, 4) is 11.1 Å². The lowest BCUT2D eigenvalue weighted by Crippen LogP contribution is -2.44. The fourth-order valence-corrected chi connectivity index (χ4v) is 3.90. The van der Waals surface area contributed by atoms with Gasteiger partial charge in [-0.2, -0.15) is 0 Å². The van der Waals surface area contributed by atoms with Crippen LogP contribution in [0.5, 0.6) is 0 Å². The lowest BCUT2D eigenvalue weighted by molar-refractivity contribution is -0.146. The second-order valence-corrected chi connectivity index (χ2v) is 8.84. The summed E-state index contributed by atoms with van der Waals surface area (Å²) in [6, 6.07) is 15.6. The number of rotatable bonds is 8. The first-order valence-electron chi connectivity index (χ1n) is 10.8. The maximum absolute atomic E-state index is 12.9. The molecule has 0 saturated carbocycles. The summed E-state index contributed by atoms with van der Waals surface area (Å²) in [6.45, 7) is 6.09. The number of nitrogens with one attached hydrogen (secondary N) is 1. The molecule has 0 aliphatic heterocycles. The fraction of sp³-hybridized carbons (Fsp3) is 0.440. The van der Waals surface area contributed by atoms with Crippen LogP contribution in [0.4, 0.5) is 4.79 Å². The van der Waals surface area contributed by atoms with Gasteiger partial charge >= 0.3 is 12.1 Å². The molecule has 0 unspecified atom stereocenters. The Kier molecular flexibility index (Phi) is 7.33. The summed E-state index contributed by atoms with van der Waals surface area (Å²) in [5.41, 5.74) is 9.58. The number of alkyl carbamates (subject to hydrolysis) is 1. The topological polar surface area (TPSA) is 90.6 Å². The first kappa shape index (κ1) is 22.8. The SMILES string of the molecule is CC(C)(C)OC(=O)N[C@@H](CCCCN)C(=O)OCC1c2ccccc2-c2ccccc21. The van der Waals surface area contributed by atoms with Crippen molar-refractivity contribution < 1.29 is 19.1 Å². The van der Waals surface area contributed by atoms with E-state index in [4.69, 9.17) is 15.2 Å². The molecule has 6 heteroatoms. The number of carbonyl (C=O) groups is 2. The van der Waals surface area contributed by atoms with E-state index in [2.05, 4.69) is 29.6 Å². The lowest BCUT2D eigenvalue weighted by atomic mass is 9.98. The minimum Gasteiger partial charge on any atom is -0.463 e. The third-order valence-corrected chi connectivity index (χ3v) is 5.28. The second kappa shape index (κ2) is 9.96. The van der Waals surface area contributed by atoms with Crippen LogP contribution in [-0.2, 0) is 14.3 Å². The summed E-state index contributed by atoms with van der Waals surface area (Å²) in [6.07, 6.45) is 1.30. The number of carbonyl (C=O) groups excluding carboxylic acids is 2. The Morgan fingerprint density at radius 1 is 1.00 bits per heavy atom. The Morgan fingerprint density at radius 3 is 2.13 bits per heavy atom. The van der Waals surface area contributed by atoms with Crippen LogP contribution >= 0.6 is 0 Å². The summed E-state index contributed by atoms with van der Waals surface area (Å²) in [5, 5.41) is 2.67. The van der Waals surface area contributed by atoms with Gasteiger partial charge in [-0.3, -0.25) is 0 Å². The number of amides is 1. The number of esters is 1. The van der Waals surface area contributed by atoms with E-state index >= 15 is 0 Å². The van der Waals surface area contributed by atoms with Gasteiger partial charge in [0.15, 0.2) is 0 Å². The molecule has 1 aliphatic carbocycles. The average molecular weight is 425 g/mol. The molecule has 0 fully saturated rings. The number of hydrogen-bond donors (Lipinski definition) is 2. The lowest BCUT2D eigenvalue weighted by Gasteiger charge is -2.23. The van der Waals surface area contributed by atoms with Crippen molar-refractivity contribution in [1.82, 2.24) is 5.32 Å². The fourth-order valence-electron chi connectivity index (χ4n) is 3.90. The Labute approximate surface area is 184 Å². The van der Waals surface area contributed by atoms with Gasteiger partial charge in [-0.1, -0.05) is 48.5 Å². The second-order valence-electron chi connectivity index (χ2n) is 8.84. The summed E-state index contributed by atoms with van der Waals surface area (Å²) < 4.78 is 11.0. The maximum atomic E-state index is 12.9. The van der Waals surface area contributed by atoms with Gasteiger partial charge in [-0.05, 0) is 68.8 Å². The van der Waals surface area contributed by atoms with Crippen LogP contribution in [0.2, 0.25) is 0 Å². The summed E-state index contributed by atoms with van der Waals surface area (Å²) >= 11 is 0.